The van der Waals surface area contributed by atoms with Gasteiger partial charge in [-0.2, -0.15) is 0 Å². The summed E-state index contributed by atoms with van der Waals surface area (Å²) >= 11 is 2.12. The van der Waals surface area contributed by atoms with Gasteiger partial charge >= 0.3 is 0 Å². The zero-order valence-electron chi connectivity index (χ0n) is 15.4. The Morgan fingerprint density at radius 3 is 2.62 bits per heavy atom. The molecule has 0 saturated heterocycles. The molecule has 1 aliphatic rings. The van der Waals surface area contributed by atoms with Crippen LogP contribution in [0.5, 0.6) is 0 Å². The van der Waals surface area contributed by atoms with E-state index in [9.17, 15) is 14.4 Å². The molecule has 1 aliphatic heterocycles. The Kier molecular flexibility index (Phi) is 5.48. The summed E-state index contributed by atoms with van der Waals surface area (Å²) in [6, 6.07) is 18.8. The van der Waals surface area contributed by atoms with Crippen molar-refractivity contribution in [2.24, 2.45) is 0 Å². The molecule has 7 heteroatoms. The normalized spacial score (nSPS) is 13.6. The Morgan fingerprint density at radius 2 is 1.79 bits per heavy atom. The number of carbonyl (C=O) groups excluding carboxylic acids is 3. The minimum absolute atomic E-state index is 0.190. The molecule has 0 fully saturated rings. The first kappa shape index (κ1) is 19.4. The van der Waals surface area contributed by atoms with Crippen LogP contribution >= 0.6 is 22.6 Å². The maximum atomic E-state index is 12.7. The van der Waals surface area contributed by atoms with Gasteiger partial charge in [0.05, 0.1) is 16.9 Å². The van der Waals surface area contributed by atoms with Gasteiger partial charge in [-0.05, 0) is 46.2 Å². The molecule has 0 aromatic heterocycles. The summed E-state index contributed by atoms with van der Waals surface area (Å²) < 4.78 is 0.861. The number of hydrogen-bond acceptors (Lipinski definition) is 3. The highest BCUT2D eigenvalue weighted by molar-refractivity contribution is 14.1. The van der Waals surface area contributed by atoms with E-state index in [-0.39, 0.29) is 37.2 Å². The predicted molar refractivity (Wildman–Crippen MR) is 121 cm³/mol. The summed E-state index contributed by atoms with van der Waals surface area (Å²) in [4.78, 5) is 38.9. The standard InChI is InChI=1S/C22H18IN3O3/c23-17-8-4-3-7-16(17)22(29)24-11-12-26-18-10-9-14-5-1-2-6-15(14)21(18)25-19(27)13-20(26)28/h1-10H,11-13H2,(H,24,29)(H,25,27). The highest BCUT2D eigenvalue weighted by Gasteiger charge is 2.27. The van der Waals surface area contributed by atoms with E-state index in [4.69, 9.17) is 0 Å². The Labute approximate surface area is 181 Å². The van der Waals surface area contributed by atoms with Crippen LogP contribution in [-0.4, -0.2) is 30.8 Å². The Hall–Kier alpha value is -2.94. The van der Waals surface area contributed by atoms with E-state index in [0.717, 1.165) is 14.3 Å². The van der Waals surface area contributed by atoms with Crippen LogP contribution in [0.4, 0.5) is 11.4 Å². The average Bonchev–Trinajstić information content (AvgIpc) is 2.83. The van der Waals surface area contributed by atoms with Crippen molar-refractivity contribution >= 4 is 62.5 Å². The van der Waals surface area contributed by atoms with Crippen LogP contribution in [0.15, 0.2) is 60.7 Å². The van der Waals surface area contributed by atoms with E-state index in [1.807, 2.05) is 54.6 Å². The number of halogens is 1. The van der Waals surface area contributed by atoms with Gasteiger partial charge in [0, 0.05) is 22.0 Å². The summed E-state index contributed by atoms with van der Waals surface area (Å²) in [6.07, 6.45) is -0.229. The van der Waals surface area contributed by atoms with Gasteiger partial charge in [0.1, 0.15) is 6.42 Å². The second kappa shape index (κ2) is 8.20. The van der Waals surface area contributed by atoms with Crippen molar-refractivity contribution in [2.75, 3.05) is 23.3 Å². The molecule has 3 amide bonds. The molecule has 0 spiro atoms. The topological polar surface area (TPSA) is 78.5 Å². The van der Waals surface area contributed by atoms with Crippen LogP contribution in [0.2, 0.25) is 0 Å². The highest BCUT2D eigenvalue weighted by Crippen LogP contribution is 2.36. The first-order chi connectivity index (χ1) is 14.0. The SMILES string of the molecule is O=C1CC(=O)N(CCNC(=O)c2ccccc2I)c2ccc3ccccc3c2N1. The van der Waals surface area contributed by atoms with E-state index in [1.54, 1.807) is 11.0 Å². The van der Waals surface area contributed by atoms with Crippen LogP contribution in [0.1, 0.15) is 16.8 Å². The van der Waals surface area contributed by atoms with Crippen molar-refractivity contribution < 1.29 is 14.4 Å². The van der Waals surface area contributed by atoms with Crippen molar-refractivity contribution in [3.05, 3.63) is 69.8 Å². The number of hydrogen-bond donors (Lipinski definition) is 2. The average molecular weight is 499 g/mol. The molecule has 0 unspecified atom stereocenters. The number of rotatable bonds is 4. The molecule has 29 heavy (non-hydrogen) atoms. The van der Waals surface area contributed by atoms with Crippen LogP contribution in [0.3, 0.4) is 0 Å². The lowest BCUT2D eigenvalue weighted by Crippen LogP contribution is -2.38. The van der Waals surface area contributed by atoms with Gasteiger partial charge < -0.3 is 15.5 Å². The zero-order chi connectivity index (χ0) is 20.4. The van der Waals surface area contributed by atoms with Crippen molar-refractivity contribution in [1.29, 1.82) is 0 Å². The van der Waals surface area contributed by atoms with Gasteiger partial charge in [-0.3, -0.25) is 14.4 Å². The molecule has 2 N–H and O–H groups in total. The molecule has 1 heterocycles. The summed E-state index contributed by atoms with van der Waals surface area (Å²) in [5, 5.41) is 7.59. The number of carbonyl (C=O) groups is 3. The third-order valence-electron chi connectivity index (χ3n) is 4.81. The number of anilines is 2. The molecule has 6 nitrogen and oxygen atoms in total. The minimum Gasteiger partial charge on any atom is -0.350 e. The second-order valence-electron chi connectivity index (χ2n) is 6.69. The Balaban J connectivity index is 1.58. The fourth-order valence-corrected chi connectivity index (χ4v) is 4.07. The first-order valence-corrected chi connectivity index (χ1v) is 10.3. The molecule has 0 saturated carbocycles. The van der Waals surface area contributed by atoms with Crippen LogP contribution in [0.25, 0.3) is 10.8 Å². The smallest absolute Gasteiger partial charge is 0.252 e. The van der Waals surface area contributed by atoms with Crippen LogP contribution < -0.4 is 15.5 Å². The quantitative estimate of drug-likeness (QED) is 0.426. The van der Waals surface area contributed by atoms with E-state index >= 15 is 0 Å². The minimum atomic E-state index is -0.335. The first-order valence-electron chi connectivity index (χ1n) is 9.19. The third kappa shape index (κ3) is 3.95. The lowest BCUT2D eigenvalue weighted by molar-refractivity contribution is -0.124. The number of fused-ring (bicyclic) bond motifs is 3. The number of nitrogens with one attached hydrogen (secondary N) is 2. The molecular weight excluding hydrogens is 481 g/mol. The molecule has 0 radical (unpaired) electrons. The van der Waals surface area contributed by atoms with Crippen LogP contribution in [-0.2, 0) is 9.59 Å². The lowest BCUT2D eigenvalue weighted by Gasteiger charge is -2.23. The number of amides is 3. The fraction of sp³-hybridized carbons (Fsp3) is 0.136. The molecule has 0 bridgehead atoms. The lowest BCUT2D eigenvalue weighted by atomic mass is 10.1. The van der Waals surface area contributed by atoms with Gasteiger partial charge in [-0.15, -0.1) is 0 Å². The summed E-state index contributed by atoms with van der Waals surface area (Å²) in [5.41, 5.74) is 1.87. The zero-order valence-corrected chi connectivity index (χ0v) is 17.6. The van der Waals surface area contributed by atoms with E-state index < -0.39 is 0 Å². The largest absolute Gasteiger partial charge is 0.350 e. The fourth-order valence-electron chi connectivity index (χ4n) is 3.43. The van der Waals surface area contributed by atoms with Gasteiger partial charge in [0.2, 0.25) is 11.8 Å². The molecular formula is C22H18IN3O3. The van der Waals surface area contributed by atoms with Crippen molar-refractivity contribution in [3.8, 4) is 0 Å². The third-order valence-corrected chi connectivity index (χ3v) is 5.76. The molecule has 3 aromatic carbocycles. The summed E-state index contributed by atoms with van der Waals surface area (Å²) in [5.74, 6) is -0.816. The second-order valence-corrected chi connectivity index (χ2v) is 7.85. The van der Waals surface area contributed by atoms with Gasteiger partial charge in [0.15, 0.2) is 0 Å². The van der Waals surface area contributed by atoms with E-state index in [2.05, 4.69) is 33.2 Å². The monoisotopic (exact) mass is 499 g/mol. The molecule has 146 valence electrons. The number of benzene rings is 3. The van der Waals surface area contributed by atoms with E-state index in [1.165, 1.54) is 0 Å². The summed E-state index contributed by atoms with van der Waals surface area (Å²) in [6.45, 7) is 0.546. The van der Waals surface area contributed by atoms with Gasteiger partial charge in [-0.1, -0.05) is 42.5 Å². The van der Waals surface area contributed by atoms with E-state index in [0.29, 0.717) is 16.9 Å². The maximum Gasteiger partial charge on any atom is 0.252 e. The van der Waals surface area contributed by atoms with Crippen molar-refractivity contribution in [2.45, 2.75) is 6.42 Å². The number of nitrogens with zero attached hydrogens (tertiary/aromatic N) is 1. The molecule has 0 atom stereocenters. The van der Waals surface area contributed by atoms with Gasteiger partial charge in [-0.25, -0.2) is 0 Å². The predicted octanol–water partition coefficient (Wildman–Crippen LogP) is 3.55. The van der Waals surface area contributed by atoms with Gasteiger partial charge in [0.25, 0.3) is 5.91 Å². The Bertz CT molecular complexity index is 1130. The molecule has 4 rings (SSSR count). The maximum absolute atomic E-state index is 12.7. The Morgan fingerprint density at radius 1 is 1.03 bits per heavy atom. The highest BCUT2D eigenvalue weighted by atomic mass is 127. The van der Waals surface area contributed by atoms with Crippen molar-refractivity contribution in [1.82, 2.24) is 5.32 Å². The molecule has 0 aliphatic carbocycles. The van der Waals surface area contributed by atoms with Crippen molar-refractivity contribution in [3.63, 3.8) is 0 Å². The van der Waals surface area contributed by atoms with Crippen LogP contribution in [0, 0.1) is 3.57 Å². The summed E-state index contributed by atoms with van der Waals surface area (Å²) in [7, 11) is 0. The molecule has 3 aromatic rings.